The lowest BCUT2D eigenvalue weighted by atomic mass is 9.98. The Balaban J connectivity index is 1.32. The third-order valence-corrected chi connectivity index (χ3v) is 6.59. The number of halogens is 2. The van der Waals surface area contributed by atoms with Crippen LogP contribution in [-0.2, 0) is 4.79 Å². The lowest BCUT2D eigenvalue weighted by Crippen LogP contribution is -2.52. The Hall–Kier alpha value is -3.82. The highest BCUT2D eigenvalue weighted by Crippen LogP contribution is 2.36. The molecule has 1 fully saturated rings. The first-order chi connectivity index (χ1) is 17.9. The SMILES string of the molecule is O=C(N[C@H](CN1CCC1)[C@H](O)c1cc(F)c2c(c1)OCCO2)C(=O)c1ccc(-c2ccc(F)cc2)cc1. The van der Waals surface area contributed by atoms with E-state index in [1.165, 1.54) is 30.3 Å². The zero-order chi connectivity index (χ0) is 25.9. The van der Waals surface area contributed by atoms with Crippen molar-refractivity contribution in [2.75, 3.05) is 32.8 Å². The molecule has 0 spiro atoms. The minimum atomic E-state index is -1.29. The highest BCUT2D eigenvalue weighted by atomic mass is 19.1. The van der Waals surface area contributed by atoms with Gasteiger partial charge in [0, 0.05) is 12.1 Å². The van der Waals surface area contributed by atoms with Gasteiger partial charge in [-0.3, -0.25) is 9.59 Å². The number of hydrogen-bond acceptors (Lipinski definition) is 6. The van der Waals surface area contributed by atoms with Crippen molar-refractivity contribution in [2.45, 2.75) is 18.6 Å². The van der Waals surface area contributed by atoms with Crippen LogP contribution in [0.3, 0.4) is 0 Å². The molecule has 2 aliphatic rings. The van der Waals surface area contributed by atoms with Crippen LogP contribution in [-0.4, -0.2) is 60.6 Å². The molecule has 192 valence electrons. The van der Waals surface area contributed by atoms with E-state index in [4.69, 9.17) is 9.47 Å². The van der Waals surface area contributed by atoms with Crippen LogP contribution in [0.2, 0.25) is 0 Å². The summed E-state index contributed by atoms with van der Waals surface area (Å²) in [6.45, 7) is 2.38. The Kier molecular flexibility index (Phi) is 7.16. The van der Waals surface area contributed by atoms with E-state index in [0.717, 1.165) is 36.7 Å². The van der Waals surface area contributed by atoms with Crippen molar-refractivity contribution in [3.05, 3.63) is 83.4 Å². The summed E-state index contributed by atoms with van der Waals surface area (Å²) in [7, 11) is 0. The molecule has 7 nitrogen and oxygen atoms in total. The first kappa shape index (κ1) is 24.9. The molecule has 0 radical (unpaired) electrons. The third kappa shape index (κ3) is 5.47. The predicted octanol–water partition coefficient (Wildman–Crippen LogP) is 3.51. The number of ketones is 1. The van der Waals surface area contributed by atoms with Crippen molar-refractivity contribution in [2.24, 2.45) is 0 Å². The Morgan fingerprint density at radius 2 is 1.59 bits per heavy atom. The molecule has 1 amide bonds. The van der Waals surface area contributed by atoms with Crippen molar-refractivity contribution < 1.29 is 33.0 Å². The number of rotatable bonds is 8. The standard InChI is InChI=1S/C28H26F2N2O5/c29-21-8-6-18(7-9-21)17-2-4-19(5-3-17)26(34)28(35)31-23(16-32-10-1-11-32)25(33)20-14-22(30)27-24(15-20)36-12-13-37-27/h2-9,14-15,23,25,33H,1,10-13,16H2,(H,31,35)/t23-,25-/m1/s1. The van der Waals surface area contributed by atoms with Crippen LogP contribution in [0.15, 0.2) is 60.7 Å². The molecular weight excluding hydrogens is 482 g/mol. The number of ether oxygens (including phenoxy) is 2. The zero-order valence-corrected chi connectivity index (χ0v) is 20.0. The molecule has 9 heteroatoms. The van der Waals surface area contributed by atoms with Gasteiger partial charge in [0.15, 0.2) is 17.3 Å². The molecule has 3 aromatic carbocycles. The summed E-state index contributed by atoms with van der Waals surface area (Å²) in [5.41, 5.74) is 1.92. The van der Waals surface area contributed by atoms with Crippen LogP contribution in [0.5, 0.6) is 11.5 Å². The maximum Gasteiger partial charge on any atom is 0.292 e. The molecule has 3 aromatic rings. The predicted molar refractivity (Wildman–Crippen MR) is 132 cm³/mol. The van der Waals surface area contributed by atoms with E-state index in [0.29, 0.717) is 6.54 Å². The molecular formula is C28H26F2N2O5. The number of carbonyl (C=O) groups excluding carboxylic acids is 2. The van der Waals surface area contributed by atoms with Crippen LogP contribution >= 0.6 is 0 Å². The van der Waals surface area contributed by atoms with Gasteiger partial charge in [-0.15, -0.1) is 0 Å². The smallest absolute Gasteiger partial charge is 0.292 e. The fourth-order valence-corrected chi connectivity index (χ4v) is 4.42. The molecule has 0 unspecified atom stereocenters. The average Bonchev–Trinajstić information content (AvgIpc) is 2.89. The number of likely N-dealkylation sites (tertiary alicyclic amines) is 1. The molecule has 5 rings (SSSR count). The van der Waals surface area contributed by atoms with Crippen molar-refractivity contribution in [1.82, 2.24) is 10.2 Å². The van der Waals surface area contributed by atoms with Crippen LogP contribution < -0.4 is 14.8 Å². The van der Waals surface area contributed by atoms with Crippen LogP contribution in [0.1, 0.15) is 28.4 Å². The van der Waals surface area contributed by atoms with Crippen LogP contribution in [0, 0.1) is 11.6 Å². The summed E-state index contributed by atoms with van der Waals surface area (Å²) in [4.78, 5) is 27.8. The summed E-state index contributed by atoms with van der Waals surface area (Å²) < 4.78 is 38.6. The lowest BCUT2D eigenvalue weighted by Gasteiger charge is -2.36. The van der Waals surface area contributed by atoms with Gasteiger partial charge in [0.2, 0.25) is 5.78 Å². The second kappa shape index (κ2) is 10.7. The van der Waals surface area contributed by atoms with Crippen molar-refractivity contribution >= 4 is 11.7 Å². The largest absolute Gasteiger partial charge is 0.486 e. The number of aliphatic hydroxyl groups excluding tert-OH is 1. The number of nitrogens with one attached hydrogen (secondary N) is 1. The fraction of sp³-hybridized carbons (Fsp3) is 0.286. The normalized spacial score (nSPS) is 16.4. The fourth-order valence-electron chi connectivity index (χ4n) is 4.42. The second-order valence-electron chi connectivity index (χ2n) is 9.12. The van der Waals surface area contributed by atoms with E-state index >= 15 is 0 Å². The van der Waals surface area contributed by atoms with Gasteiger partial charge in [0.25, 0.3) is 5.91 Å². The maximum atomic E-state index is 14.6. The van der Waals surface area contributed by atoms with Crippen LogP contribution in [0.4, 0.5) is 8.78 Å². The Bertz CT molecular complexity index is 1290. The molecule has 2 N–H and O–H groups in total. The number of amides is 1. The van der Waals surface area contributed by atoms with Crippen molar-refractivity contribution in [3.63, 3.8) is 0 Å². The highest BCUT2D eigenvalue weighted by Gasteiger charge is 2.31. The van der Waals surface area contributed by atoms with Gasteiger partial charge in [0.05, 0.1) is 6.04 Å². The number of carbonyl (C=O) groups is 2. The molecule has 0 bridgehead atoms. The maximum absolute atomic E-state index is 14.6. The third-order valence-electron chi connectivity index (χ3n) is 6.59. The van der Waals surface area contributed by atoms with E-state index in [1.807, 2.05) is 4.90 Å². The average molecular weight is 509 g/mol. The van der Waals surface area contributed by atoms with E-state index in [-0.39, 0.29) is 41.7 Å². The lowest BCUT2D eigenvalue weighted by molar-refractivity contribution is -0.118. The van der Waals surface area contributed by atoms with Gasteiger partial charge in [-0.25, -0.2) is 8.78 Å². The summed E-state index contributed by atoms with van der Waals surface area (Å²) >= 11 is 0. The molecule has 1 saturated heterocycles. The molecule has 0 aliphatic carbocycles. The molecule has 0 aromatic heterocycles. The number of hydrogen-bond donors (Lipinski definition) is 2. The summed E-state index contributed by atoms with van der Waals surface area (Å²) in [6, 6.07) is 14.1. The monoisotopic (exact) mass is 508 g/mol. The highest BCUT2D eigenvalue weighted by molar-refractivity contribution is 6.42. The molecule has 37 heavy (non-hydrogen) atoms. The number of fused-ring (bicyclic) bond motifs is 1. The van der Waals surface area contributed by atoms with Crippen molar-refractivity contribution in [3.8, 4) is 22.6 Å². The summed E-state index contributed by atoms with van der Waals surface area (Å²) in [5, 5.41) is 13.8. The first-order valence-electron chi connectivity index (χ1n) is 12.1. The van der Waals surface area contributed by atoms with Crippen LogP contribution in [0.25, 0.3) is 11.1 Å². The Labute approximate surface area is 212 Å². The summed E-state index contributed by atoms with van der Waals surface area (Å²) in [5.74, 6) is -2.48. The topological polar surface area (TPSA) is 88.1 Å². The van der Waals surface area contributed by atoms with E-state index in [1.54, 1.807) is 24.3 Å². The minimum Gasteiger partial charge on any atom is -0.486 e. The number of benzene rings is 3. The first-order valence-corrected chi connectivity index (χ1v) is 12.1. The Morgan fingerprint density at radius 1 is 0.946 bits per heavy atom. The molecule has 2 atom stereocenters. The van der Waals surface area contributed by atoms with Gasteiger partial charge in [-0.05, 0) is 60.5 Å². The van der Waals surface area contributed by atoms with Gasteiger partial charge >= 0.3 is 0 Å². The number of aliphatic hydroxyl groups is 1. The minimum absolute atomic E-state index is 0.00945. The number of Topliss-reactive ketones (excluding diaryl/α,β-unsaturated/α-hetero) is 1. The van der Waals surface area contributed by atoms with Gasteiger partial charge in [-0.2, -0.15) is 0 Å². The van der Waals surface area contributed by atoms with E-state index in [2.05, 4.69) is 5.32 Å². The van der Waals surface area contributed by atoms with E-state index < -0.39 is 29.7 Å². The second-order valence-corrected chi connectivity index (χ2v) is 9.12. The van der Waals surface area contributed by atoms with E-state index in [9.17, 15) is 23.5 Å². The molecule has 2 aliphatic heterocycles. The zero-order valence-electron chi connectivity index (χ0n) is 20.0. The molecule has 2 heterocycles. The molecule has 0 saturated carbocycles. The number of nitrogens with zero attached hydrogens (tertiary/aromatic N) is 1. The van der Waals surface area contributed by atoms with Gasteiger partial charge < -0.3 is 24.8 Å². The quantitative estimate of drug-likeness (QED) is 0.358. The van der Waals surface area contributed by atoms with Crippen molar-refractivity contribution in [1.29, 1.82) is 0 Å². The van der Waals surface area contributed by atoms with Gasteiger partial charge in [-0.1, -0.05) is 36.4 Å². The summed E-state index contributed by atoms with van der Waals surface area (Å²) in [6.07, 6.45) is -0.294. The Morgan fingerprint density at radius 3 is 2.24 bits per heavy atom. The van der Waals surface area contributed by atoms with Gasteiger partial charge in [0.1, 0.15) is 25.1 Å².